The molecule has 0 bridgehead atoms. The average molecular weight is 241 g/mol. The lowest BCUT2D eigenvalue weighted by Gasteiger charge is -2.06. The van der Waals surface area contributed by atoms with Crippen LogP contribution in [0.5, 0.6) is 0 Å². The summed E-state index contributed by atoms with van der Waals surface area (Å²) in [5.41, 5.74) is 2.01. The van der Waals surface area contributed by atoms with Gasteiger partial charge in [-0.1, -0.05) is 0 Å². The van der Waals surface area contributed by atoms with Crippen molar-refractivity contribution >= 4 is 11.7 Å². The van der Waals surface area contributed by atoms with E-state index in [1.54, 1.807) is 36.5 Å². The molecule has 0 fully saturated rings. The number of carbonyl (C=O) groups is 1. The Morgan fingerprint density at radius 3 is 2.72 bits per heavy atom. The molecule has 2 rings (SSSR count). The van der Waals surface area contributed by atoms with Gasteiger partial charge in [0.25, 0.3) is 0 Å². The zero-order chi connectivity index (χ0) is 12.8. The summed E-state index contributed by atoms with van der Waals surface area (Å²) in [6, 6.07) is 10.1. The lowest BCUT2D eigenvalue weighted by atomic mass is 10.2. The zero-order valence-corrected chi connectivity index (χ0v) is 9.47. The van der Waals surface area contributed by atoms with Crippen LogP contribution >= 0.6 is 0 Å². The van der Waals surface area contributed by atoms with E-state index in [9.17, 15) is 4.79 Å². The number of aromatic amines is 1. The van der Waals surface area contributed by atoms with Gasteiger partial charge >= 0.3 is 6.03 Å². The molecule has 1 aromatic carbocycles. The number of carbonyl (C=O) groups excluding carboxylic acids is 1. The number of hydrogen-bond acceptors (Lipinski definition) is 3. The van der Waals surface area contributed by atoms with Crippen molar-refractivity contribution in [3.8, 4) is 6.07 Å². The summed E-state index contributed by atoms with van der Waals surface area (Å²) in [6.45, 7) is 0.377. The fourth-order valence-electron chi connectivity index (χ4n) is 1.36. The van der Waals surface area contributed by atoms with Gasteiger partial charge in [0.1, 0.15) is 0 Å². The Kier molecular flexibility index (Phi) is 3.56. The predicted molar refractivity (Wildman–Crippen MR) is 65.6 cm³/mol. The Bertz CT molecular complexity index is 553. The maximum atomic E-state index is 11.5. The number of nitriles is 1. The molecule has 0 saturated heterocycles. The maximum absolute atomic E-state index is 11.5. The van der Waals surface area contributed by atoms with Crippen LogP contribution in [0, 0.1) is 11.3 Å². The van der Waals surface area contributed by atoms with Crippen LogP contribution in [0.25, 0.3) is 0 Å². The van der Waals surface area contributed by atoms with Crippen molar-refractivity contribution in [2.45, 2.75) is 6.54 Å². The summed E-state index contributed by atoms with van der Waals surface area (Å²) in [7, 11) is 0. The topological polar surface area (TPSA) is 93.6 Å². The van der Waals surface area contributed by atoms with Crippen molar-refractivity contribution in [2.24, 2.45) is 0 Å². The number of anilines is 1. The number of urea groups is 1. The Balaban J connectivity index is 1.85. The summed E-state index contributed by atoms with van der Waals surface area (Å²) in [4.78, 5) is 11.5. The minimum Gasteiger partial charge on any atom is -0.332 e. The number of benzene rings is 1. The lowest BCUT2D eigenvalue weighted by Crippen LogP contribution is -2.28. The van der Waals surface area contributed by atoms with E-state index in [-0.39, 0.29) is 6.03 Å². The first-order valence-electron chi connectivity index (χ1n) is 5.31. The molecule has 2 aromatic rings. The maximum Gasteiger partial charge on any atom is 0.319 e. The molecular weight excluding hydrogens is 230 g/mol. The molecule has 0 radical (unpaired) electrons. The van der Waals surface area contributed by atoms with Gasteiger partial charge in [-0.3, -0.25) is 5.10 Å². The first-order chi connectivity index (χ1) is 8.78. The SMILES string of the molecule is N#Cc1ccc(NC(=O)NCc2ccn[nH]2)cc1. The highest BCUT2D eigenvalue weighted by Crippen LogP contribution is 2.08. The molecule has 1 aromatic heterocycles. The van der Waals surface area contributed by atoms with E-state index in [0.29, 0.717) is 17.8 Å². The van der Waals surface area contributed by atoms with Crippen LogP contribution in [-0.2, 0) is 6.54 Å². The summed E-state index contributed by atoms with van der Waals surface area (Å²) in [5, 5.41) is 20.5. The van der Waals surface area contributed by atoms with Crippen molar-refractivity contribution in [1.29, 1.82) is 5.26 Å². The summed E-state index contributed by atoms with van der Waals surface area (Å²) >= 11 is 0. The third-order valence-electron chi connectivity index (χ3n) is 2.27. The minimum absolute atomic E-state index is 0.311. The molecule has 0 aliphatic heterocycles. The second-order valence-corrected chi connectivity index (χ2v) is 3.58. The van der Waals surface area contributed by atoms with Crippen LogP contribution in [0.4, 0.5) is 10.5 Å². The molecule has 0 atom stereocenters. The molecule has 0 unspecified atom stereocenters. The largest absolute Gasteiger partial charge is 0.332 e. The van der Waals surface area contributed by atoms with Crippen molar-refractivity contribution in [2.75, 3.05) is 5.32 Å². The van der Waals surface area contributed by atoms with E-state index in [4.69, 9.17) is 5.26 Å². The van der Waals surface area contributed by atoms with Crippen LogP contribution in [-0.4, -0.2) is 16.2 Å². The van der Waals surface area contributed by atoms with Crippen molar-refractivity contribution in [1.82, 2.24) is 15.5 Å². The number of hydrogen-bond donors (Lipinski definition) is 3. The predicted octanol–water partition coefficient (Wildman–Crippen LogP) is 1.60. The van der Waals surface area contributed by atoms with Crippen molar-refractivity contribution < 1.29 is 4.79 Å². The molecule has 6 nitrogen and oxygen atoms in total. The molecule has 3 N–H and O–H groups in total. The number of aromatic nitrogens is 2. The van der Waals surface area contributed by atoms with E-state index in [2.05, 4.69) is 20.8 Å². The molecule has 18 heavy (non-hydrogen) atoms. The summed E-state index contributed by atoms with van der Waals surface area (Å²) in [5.74, 6) is 0. The molecule has 0 aliphatic rings. The van der Waals surface area contributed by atoms with Gasteiger partial charge in [-0.25, -0.2) is 4.79 Å². The van der Waals surface area contributed by atoms with Crippen LogP contribution in [0.2, 0.25) is 0 Å². The molecule has 2 amide bonds. The summed E-state index contributed by atoms with van der Waals surface area (Å²) < 4.78 is 0. The van der Waals surface area contributed by atoms with Gasteiger partial charge in [0.15, 0.2) is 0 Å². The smallest absolute Gasteiger partial charge is 0.319 e. The van der Waals surface area contributed by atoms with Gasteiger partial charge in [0.2, 0.25) is 0 Å². The minimum atomic E-state index is -0.311. The van der Waals surface area contributed by atoms with Crippen molar-refractivity contribution in [3.05, 3.63) is 47.8 Å². The highest BCUT2D eigenvalue weighted by atomic mass is 16.2. The van der Waals surface area contributed by atoms with Crippen molar-refractivity contribution in [3.63, 3.8) is 0 Å². The third-order valence-corrected chi connectivity index (χ3v) is 2.27. The Morgan fingerprint density at radius 1 is 1.33 bits per heavy atom. The van der Waals surface area contributed by atoms with Crippen LogP contribution in [0.15, 0.2) is 36.5 Å². The normalized spacial score (nSPS) is 9.50. The molecule has 6 heteroatoms. The molecule has 0 saturated carbocycles. The Morgan fingerprint density at radius 2 is 2.11 bits per heavy atom. The van der Waals surface area contributed by atoms with Crippen LogP contribution in [0.1, 0.15) is 11.3 Å². The molecular formula is C12H11N5O. The monoisotopic (exact) mass is 241 g/mol. The first kappa shape index (κ1) is 11.7. The van der Waals surface area contributed by atoms with Crippen LogP contribution < -0.4 is 10.6 Å². The standard InChI is InChI=1S/C12H11N5O/c13-7-9-1-3-10(4-2-9)16-12(18)14-8-11-5-6-15-17-11/h1-6H,8H2,(H,15,17)(H2,14,16,18). The second kappa shape index (κ2) is 5.50. The first-order valence-corrected chi connectivity index (χ1v) is 5.31. The highest BCUT2D eigenvalue weighted by molar-refractivity contribution is 5.89. The Labute approximate surface area is 104 Å². The molecule has 0 aliphatic carbocycles. The van der Waals surface area contributed by atoms with E-state index >= 15 is 0 Å². The van der Waals surface area contributed by atoms with Gasteiger partial charge in [0, 0.05) is 11.9 Å². The number of H-pyrrole nitrogens is 1. The highest BCUT2D eigenvalue weighted by Gasteiger charge is 2.02. The van der Waals surface area contributed by atoms with E-state index in [0.717, 1.165) is 5.69 Å². The van der Waals surface area contributed by atoms with Gasteiger partial charge < -0.3 is 10.6 Å². The number of nitrogens with one attached hydrogen (secondary N) is 3. The number of amides is 2. The average Bonchev–Trinajstić information content (AvgIpc) is 2.90. The van der Waals surface area contributed by atoms with Gasteiger partial charge in [-0.2, -0.15) is 10.4 Å². The van der Waals surface area contributed by atoms with Gasteiger partial charge in [-0.15, -0.1) is 0 Å². The van der Waals surface area contributed by atoms with E-state index in [1.165, 1.54) is 0 Å². The number of rotatable bonds is 3. The second-order valence-electron chi connectivity index (χ2n) is 3.58. The van der Waals surface area contributed by atoms with Crippen LogP contribution in [0.3, 0.4) is 0 Å². The lowest BCUT2D eigenvalue weighted by molar-refractivity contribution is 0.251. The fourth-order valence-corrected chi connectivity index (χ4v) is 1.36. The Hall–Kier alpha value is -2.81. The van der Waals surface area contributed by atoms with E-state index < -0.39 is 0 Å². The summed E-state index contributed by atoms with van der Waals surface area (Å²) in [6.07, 6.45) is 1.62. The molecule has 90 valence electrons. The quantitative estimate of drug-likeness (QED) is 0.761. The molecule has 0 spiro atoms. The van der Waals surface area contributed by atoms with Gasteiger partial charge in [0.05, 0.1) is 23.9 Å². The van der Waals surface area contributed by atoms with Gasteiger partial charge in [-0.05, 0) is 30.3 Å². The third kappa shape index (κ3) is 3.09. The number of nitrogens with zero attached hydrogens (tertiary/aromatic N) is 2. The fraction of sp³-hybridized carbons (Fsp3) is 0.0833. The zero-order valence-electron chi connectivity index (χ0n) is 9.47. The molecule has 1 heterocycles. The van der Waals surface area contributed by atoms with E-state index in [1.807, 2.05) is 6.07 Å².